The molecule has 0 atom stereocenters. The van der Waals surface area contributed by atoms with Gasteiger partial charge in [0.15, 0.2) is 0 Å². The zero-order valence-corrected chi connectivity index (χ0v) is 27.7. The van der Waals surface area contributed by atoms with Gasteiger partial charge in [0.2, 0.25) is 9.48 Å². The molecule has 10 heteroatoms. The van der Waals surface area contributed by atoms with E-state index in [2.05, 4.69) is 41.5 Å². The lowest BCUT2D eigenvalue weighted by atomic mass is 10.4. The third-order valence-electron chi connectivity index (χ3n) is 4.63. The van der Waals surface area contributed by atoms with Crippen LogP contribution in [0.2, 0.25) is 12.1 Å². The monoisotopic (exact) mass is 562 g/mol. The van der Waals surface area contributed by atoms with Gasteiger partial charge in [-0.1, -0.05) is 79.3 Å². The third-order valence-corrected chi connectivity index (χ3v) is 18.2. The molecule has 0 radical (unpaired) electrons. The standard InChI is InChI=1S/C22H50O4S4Si2/c1-7-13-19-31-21(23-15-9-3,24-16-10-4)27-29-30-28-22(25-17-11-5,26-18-12-6)32-20-14-8-2/h7-20,31-32H2,1-6H3. The van der Waals surface area contributed by atoms with Crippen molar-refractivity contribution in [3.63, 3.8) is 0 Å². The van der Waals surface area contributed by atoms with Crippen LogP contribution in [0.5, 0.6) is 0 Å². The lowest BCUT2D eigenvalue weighted by Crippen LogP contribution is -2.39. The molecule has 0 fully saturated rings. The van der Waals surface area contributed by atoms with Gasteiger partial charge in [-0.25, -0.2) is 0 Å². The largest absolute Gasteiger partial charge is 0.345 e. The summed E-state index contributed by atoms with van der Waals surface area (Å²) in [6.07, 6.45) is 9.11. The zero-order valence-electron chi connectivity index (χ0n) is 21.6. The highest BCUT2D eigenvalue weighted by atomic mass is 33.7. The molecule has 0 aliphatic carbocycles. The van der Waals surface area contributed by atoms with Gasteiger partial charge in [0.25, 0.3) is 0 Å². The minimum absolute atomic E-state index is 0.420. The highest BCUT2D eigenvalue weighted by Gasteiger charge is 2.36. The Morgan fingerprint density at radius 2 is 0.812 bits per heavy atom. The summed E-state index contributed by atoms with van der Waals surface area (Å²) in [7, 11) is 6.15. The quantitative estimate of drug-likeness (QED) is 0.0494. The molecule has 0 spiro atoms. The minimum atomic E-state index is -0.517. The highest BCUT2D eigenvalue weighted by molar-refractivity contribution is 9.26. The van der Waals surface area contributed by atoms with E-state index < -0.39 is 28.5 Å². The second-order valence-electron chi connectivity index (χ2n) is 7.98. The molecular formula is C22H50O4S4Si2. The first-order valence-electron chi connectivity index (χ1n) is 12.8. The Morgan fingerprint density at radius 1 is 0.500 bits per heavy atom. The van der Waals surface area contributed by atoms with Gasteiger partial charge in [0.1, 0.15) is 19.0 Å². The van der Waals surface area contributed by atoms with Crippen LogP contribution in [0.25, 0.3) is 0 Å². The van der Waals surface area contributed by atoms with Gasteiger partial charge >= 0.3 is 0 Å². The van der Waals surface area contributed by atoms with E-state index >= 15 is 0 Å². The molecular weight excluding hydrogens is 513 g/mol. The first-order valence-corrected chi connectivity index (χ1v) is 21.1. The normalized spacial score (nSPS) is 13.3. The van der Waals surface area contributed by atoms with Crippen LogP contribution >= 0.6 is 41.2 Å². The summed E-state index contributed by atoms with van der Waals surface area (Å²) >= 11 is 0. The maximum absolute atomic E-state index is 6.37. The molecule has 0 aromatic heterocycles. The van der Waals surface area contributed by atoms with Crippen LogP contribution in [0.3, 0.4) is 0 Å². The Labute approximate surface area is 219 Å². The van der Waals surface area contributed by atoms with Gasteiger partial charge in [-0.15, -0.1) is 0 Å². The van der Waals surface area contributed by atoms with Crippen molar-refractivity contribution in [3.05, 3.63) is 0 Å². The van der Waals surface area contributed by atoms with E-state index in [0.29, 0.717) is 0 Å². The minimum Gasteiger partial charge on any atom is -0.345 e. The van der Waals surface area contributed by atoms with Gasteiger partial charge in [0.05, 0.1) is 26.4 Å². The van der Waals surface area contributed by atoms with Crippen molar-refractivity contribution in [1.82, 2.24) is 0 Å². The topological polar surface area (TPSA) is 36.9 Å². The van der Waals surface area contributed by atoms with E-state index in [1.807, 2.05) is 0 Å². The van der Waals surface area contributed by atoms with Crippen LogP contribution < -0.4 is 0 Å². The van der Waals surface area contributed by atoms with Crippen LogP contribution in [-0.4, -0.2) is 55.0 Å². The molecule has 0 saturated carbocycles. The van der Waals surface area contributed by atoms with Crippen molar-refractivity contribution in [3.8, 4) is 0 Å². The van der Waals surface area contributed by atoms with Crippen molar-refractivity contribution in [2.24, 2.45) is 0 Å². The van der Waals surface area contributed by atoms with Gasteiger partial charge in [-0.3, -0.25) is 0 Å². The Hall–Kier alpha value is 1.67. The summed E-state index contributed by atoms with van der Waals surface area (Å²) in [6, 6.07) is 2.53. The summed E-state index contributed by atoms with van der Waals surface area (Å²) in [5, 5.41) is 0. The maximum atomic E-state index is 6.37. The van der Waals surface area contributed by atoms with Crippen LogP contribution in [-0.2, 0) is 18.9 Å². The van der Waals surface area contributed by atoms with E-state index in [1.165, 1.54) is 37.8 Å². The first-order chi connectivity index (χ1) is 15.6. The molecule has 0 aliphatic heterocycles. The number of unbranched alkanes of at least 4 members (excludes halogenated alkanes) is 2. The maximum Gasteiger partial charge on any atom is 0.200 e. The molecule has 0 amide bonds. The lowest BCUT2D eigenvalue weighted by Gasteiger charge is -2.34. The van der Waals surface area contributed by atoms with E-state index in [9.17, 15) is 0 Å². The van der Waals surface area contributed by atoms with Crippen LogP contribution in [0.15, 0.2) is 0 Å². The molecule has 0 rings (SSSR count). The molecule has 194 valence electrons. The Kier molecular flexibility index (Phi) is 24.3. The molecule has 0 heterocycles. The number of ether oxygens (including phenoxy) is 4. The van der Waals surface area contributed by atoms with Crippen molar-refractivity contribution in [2.75, 3.05) is 26.4 Å². The fourth-order valence-corrected chi connectivity index (χ4v) is 18.1. The Bertz CT molecular complexity index is 360. The Balaban J connectivity index is 5.10. The first kappa shape index (κ1) is 33.7. The van der Waals surface area contributed by atoms with Crippen molar-refractivity contribution >= 4 is 60.3 Å². The van der Waals surface area contributed by atoms with Crippen LogP contribution in [0.4, 0.5) is 0 Å². The van der Waals surface area contributed by atoms with Crippen molar-refractivity contribution in [1.29, 1.82) is 0 Å². The molecule has 0 aromatic carbocycles. The molecule has 0 N–H and O–H groups in total. The molecule has 0 aromatic rings. The van der Waals surface area contributed by atoms with Gasteiger partial charge in [-0.2, -0.15) is 0 Å². The summed E-state index contributed by atoms with van der Waals surface area (Å²) in [4.78, 5) is 0. The van der Waals surface area contributed by atoms with Gasteiger partial charge < -0.3 is 18.9 Å². The van der Waals surface area contributed by atoms with E-state index in [-0.39, 0.29) is 0 Å². The summed E-state index contributed by atoms with van der Waals surface area (Å²) in [6.45, 7) is 16.3. The van der Waals surface area contributed by atoms with Crippen LogP contribution in [0, 0.1) is 0 Å². The zero-order chi connectivity index (χ0) is 24.0. The lowest BCUT2D eigenvalue weighted by molar-refractivity contribution is -0.117. The number of hydrogen-bond acceptors (Lipinski definition) is 8. The molecule has 0 unspecified atom stereocenters. The third kappa shape index (κ3) is 16.4. The summed E-state index contributed by atoms with van der Waals surface area (Å²) < 4.78 is 24.7. The molecule has 32 heavy (non-hydrogen) atoms. The van der Waals surface area contributed by atoms with E-state index in [4.69, 9.17) is 18.9 Å². The molecule has 0 saturated heterocycles. The fourth-order valence-electron chi connectivity index (χ4n) is 2.90. The van der Waals surface area contributed by atoms with Gasteiger partial charge in [0, 0.05) is 0 Å². The summed E-state index contributed by atoms with van der Waals surface area (Å²) in [5.41, 5.74) is 0. The molecule has 0 aliphatic rings. The predicted molar refractivity (Wildman–Crippen MR) is 157 cm³/mol. The second kappa shape index (κ2) is 23.1. The molecule has 4 nitrogen and oxygen atoms in total. The highest BCUT2D eigenvalue weighted by Crippen LogP contribution is 2.53. The average molecular weight is 563 g/mol. The van der Waals surface area contributed by atoms with E-state index in [1.54, 1.807) is 41.2 Å². The van der Waals surface area contributed by atoms with Crippen molar-refractivity contribution in [2.45, 2.75) is 114 Å². The summed E-state index contributed by atoms with van der Waals surface area (Å²) in [5.74, 6) is 0. The predicted octanol–water partition coefficient (Wildman–Crippen LogP) is 7.37. The van der Waals surface area contributed by atoms with Crippen LogP contribution in [0.1, 0.15) is 92.9 Å². The smallest absolute Gasteiger partial charge is 0.200 e. The van der Waals surface area contributed by atoms with Gasteiger partial charge in [-0.05, 0) is 66.9 Å². The average Bonchev–Trinajstić information content (AvgIpc) is 2.81. The number of hydrogen-bond donors (Lipinski definition) is 0. The SMILES string of the molecule is CCCC[SiH2]C(OCCC)(OCCC)SSSSC(OCCC)(OCCC)[SiH2]CCCC. The molecule has 0 bridgehead atoms. The fraction of sp³-hybridized carbons (Fsp3) is 1.00. The Morgan fingerprint density at radius 3 is 1.06 bits per heavy atom. The number of rotatable bonds is 25. The van der Waals surface area contributed by atoms with E-state index in [0.717, 1.165) is 52.1 Å². The second-order valence-corrected chi connectivity index (χ2v) is 19.4. The van der Waals surface area contributed by atoms with Crippen molar-refractivity contribution < 1.29 is 18.9 Å².